The van der Waals surface area contributed by atoms with E-state index in [4.69, 9.17) is 20.8 Å². The Morgan fingerprint density at radius 3 is 2.72 bits per heavy atom. The number of ether oxygens (including phenoxy) is 1. The predicted octanol–water partition coefficient (Wildman–Crippen LogP) is 5.53. The lowest BCUT2D eigenvalue weighted by Crippen LogP contribution is -2.34. The molecule has 2 aromatic heterocycles. The quantitative estimate of drug-likeness (QED) is 0.652. The number of nitrogens with zero attached hydrogens (tertiary/aromatic N) is 1. The molecule has 0 radical (unpaired) electrons. The molecule has 1 atom stereocenters. The second-order valence-electron chi connectivity index (χ2n) is 7.17. The van der Waals surface area contributed by atoms with E-state index in [1.807, 2.05) is 46.8 Å². The summed E-state index contributed by atoms with van der Waals surface area (Å²) in [6, 6.07) is 5.40. The Morgan fingerprint density at radius 1 is 1.32 bits per heavy atom. The smallest absolute Gasteiger partial charge is 0.408 e. The van der Waals surface area contributed by atoms with Crippen LogP contribution >= 0.6 is 11.6 Å². The van der Waals surface area contributed by atoms with Crippen LogP contribution in [0.3, 0.4) is 0 Å². The molecule has 6 heteroatoms. The second kappa shape index (κ2) is 6.23. The number of carbonyl (C=O) groups excluding carboxylic acids is 1. The van der Waals surface area contributed by atoms with Crippen LogP contribution in [0.25, 0.3) is 22.1 Å². The highest BCUT2D eigenvalue weighted by Gasteiger charge is 2.22. The number of fused-ring (bicyclic) bond motifs is 3. The molecule has 0 saturated heterocycles. The van der Waals surface area contributed by atoms with Crippen LogP contribution in [0.15, 0.2) is 28.8 Å². The molecule has 0 fully saturated rings. The third-order valence-corrected chi connectivity index (χ3v) is 4.08. The third-order valence-electron chi connectivity index (χ3n) is 3.78. The Hall–Kier alpha value is -2.27. The summed E-state index contributed by atoms with van der Waals surface area (Å²) >= 11 is 6.23. The summed E-state index contributed by atoms with van der Waals surface area (Å²) in [6.45, 7) is 9.37. The number of pyridine rings is 1. The van der Waals surface area contributed by atoms with E-state index >= 15 is 0 Å². The number of amides is 1. The normalized spacial score (nSPS) is 13.2. The molecular formula is C19H21ClN2O3. The first-order valence-corrected chi connectivity index (χ1v) is 8.50. The summed E-state index contributed by atoms with van der Waals surface area (Å²) in [4.78, 5) is 16.5. The largest absolute Gasteiger partial charge is 0.452 e. The highest BCUT2D eigenvalue weighted by Crippen LogP contribution is 2.36. The average molecular weight is 361 g/mol. The van der Waals surface area contributed by atoms with E-state index < -0.39 is 11.7 Å². The number of halogens is 1. The number of aryl methyl sites for hydroxylation is 1. The van der Waals surface area contributed by atoms with Crippen molar-refractivity contribution in [3.05, 3.63) is 40.5 Å². The zero-order chi connectivity index (χ0) is 18.4. The lowest BCUT2D eigenvalue weighted by atomic mass is 10.0. The Balaban J connectivity index is 2.05. The molecule has 0 aliphatic heterocycles. The van der Waals surface area contributed by atoms with E-state index in [0.717, 1.165) is 22.0 Å². The summed E-state index contributed by atoms with van der Waals surface area (Å²) in [5, 5.41) is 4.25. The van der Waals surface area contributed by atoms with Crippen LogP contribution in [0, 0.1) is 6.92 Å². The number of hydrogen-bond donors (Lipinski definition) is 1. The maximum absolute atomic E-state index is 12.1. The highest BCUT2D eigenvalue weighted by molar-refractivity contribution is 6.35. The van der Waals surface area contributed by atoms with Crippen molar-refractivity contribution in [2.45, 2.75) is 46.3 Å². The van der Waals surface area contributed by atoms with Gasteiger partial charge in [-0.1, -0.05) is 17.7 Å². The monoisotopic (exact) mass is 360 g/mol. The highest BCUT2D eigenvalue weighted by atomic mass is 35.5. The van der Waals surface area contributed by atoms with E-state index in [-0.39, 0.29) is 6.04 Å². The van der Waals surface area contributed by atoms with Gasteiger partial charge in [0, 0.05) is 17.1 Å². The van der Waals surface area contributed by atoms with Crippen molar-refractivity contribution in [3.63, 3.8) is 0 Å². The van der Waals surface area contributed by atoms with Crippen LogP contribution in [0.4, 0.5) is 4.79 Å². The van der Waals surface area contributed by atoms with Gasteiger partial charge in [0.05, 0.1) is 11.1 Å². The van der Waals surface area contributed by atoms with Crippen LogP contribution in [0.2, 0.25) is 5.02 Å². The summed E-state index contributed by atoms with van der Waals surface area (Å²) < 4.78 is 11.3. The van der Waals surface area contributed by atoms with Crippen molar-refractivity contribution in [2.24, 2.45) is 0 Å². The van der Waals surface area contributed by atoms with Gasteiger partial charge >= 0.3 is 6.09 Å². The van der Waals surface area contributed by atoms with Crippen molar-refractivity contribution >= 4 is 39.8 Å². The maximum atomic E-state index is 12.1. The van der Waals surface area contributed by atoms with Gasteiger partial charge in [0.2, 0.25) is 0 Å². The van der Waals surface area contributed by atoms with E-state index in [9.17, 15) is 4.79 Å². The first-order chi connectivity index (χ1) is 11.7. The molecule has 2 heterocycles. The Labute approximate surface area is 151 Å². The van der Waals surface area contributed by atoms with Crippen LogP contribution in [-0.2, 0) is 4.74 Å². The fourth-order valence-corrected chi connectivity index (χ4v) is 2.97. The van der Waals surface area contributed by atoms with E-state index in [0.29, 0.717) is 16.2 Å². The van der Waals surface area contributed by atoms with Gasteiger partial charge in [-0.3, -0.25) is 4.98 Å². The van der Waals surface area contributed by atoms with Crippen molar-refractivity contribution in [1.82, 2.24) is 10.3 Å². The number of alkyl carbamates (subject to hydrolysis) is 1. The number of rotatable bonds is 2. The van der Waals surface area contributed by atoms with Gasteiger partial charge in [-0.2, -0.15) is 0 Å². The molecule has 0 aliphatic carbocycles. The standard InChI is InChI=1S/C19H21ClN2O3/c1-10-8-12(11(2)22-18(23)25-19(3,4)5)16-13(9-10)15-17(24-16)14(20)6-7-21-15/h6-9,11H,1-5H3,(H,22,23)/t11-/m1/s1. The second-order valence-corrected chi connectivity index (χ2v) is 7.58. The summed E-state index contributed by atoms with van der Waals surface area (Å²) in [6.07, 6.45) is 1.19. The summed E-state index contributed by atoms with van der Waals surface area (Å²) in [5.74, 6) is 0. The third kappa shape index (κ3) is 3.56. The SMILES string of the molecule is Cc1cc([C@@H](C)NC(=O)OC(C)(C)C)c2oc3c(Cl)ccnc3c2c1. The molecule has 1 aromatic carbocycles. The molecule has 5 nitrogen and oxygen atoms in total. The van der Waals surface area contributed by atoms with Gasteiger partial charge in [-0.15, -0.1) is 0 Å². The molecule has 0 bridgehead atoms. The van der Waals surface area contributed by atoms with Gasteiger partial charge < -0.3 is 14.5 Å². The topological polar surface area (TPSA) is 64.4 Å². The van der Waals surface area contributed by atoms with Crippen molar-refractivity contribution in [2.75, 3.05) is 0 Å². The van der Waals surface area contributed by atoms with Crippen LogP contribution < -0.4 is 5.32 Å². The summed E-state index contributed by atoms with van der Waals surface area (Å²) in [5.41, 5.74) is 3.29. The number of benzene rings is 1. The van der Waals surface area contributed by atoms with E-state index in [2.05, 4.69) is 10.3 Å². The predicted molar refractivity (Wildman–Crippen MR) is 99.0 cm³/mol. The average Bonchev–Trinajstić information content (AvgIpc) is 2.84. The van der Waals surface area contributed by atoms with Gasteiger partial charge in [-0.25, -0.2) is 4.79 Å². The lowest BCUT2D eigenvalue weighted by molar-refractivity contribution is 0.0508. The maximum Gasteiger partial charge on any atom is 0.408 e. The minimum absolute atomic E-state index is 0.295. The number of carbonyl (C=O) groups is 1. The Kier molecular flexibility index (Phi) is 4.37. The molecule has 0 unspecified atom stereocenters. The fraction of sp³-hybridized carbons (Fsp3) is 0.368. The molecule has 25 heavy (non-hydrogen) atoms. The molecule has 1 amide bonds. The van der Waals surface area contributed by atoms with Crippen LogP contribution in [0.1, 0.15) is 44.9 Å². The lowest BCUT2D eigenvalue weighted by Gasteiger charge is -2.22. The zero-order valence-corrected chi connectivity index (χ0v) is 15.7. The molecule has 1 N–H and O–H groups in total. The minimum Gasteiger partial charge on any atom is -0.452 e. The number of nitrogens with one attached hydrogen (secondary N) is 1. The molecule has 0 saturated carbocycles. The van der Waals surface area contributed by atoms with E-state index in [1.165, 1.54) is 0 Å². The number of hydrogen-bond acceptors (Lipinski definition) is 4. The number of aromatic nitrogens is 1. The van der Waals surface area contributed by atoms with Crippen molar-refractivity contribution in [1.29, 1.82) is 0 Å². The molecule has 0 spiro atoms. The van der Waals surface area contributed by atoms with Gasteiger partial charge in [0.25, 0.3) is 0 Å². The molecule has 3 rings (SSSR count). The first kappa shape index (κ1) is 17.5. The van der Waals surface area contributed by atoms with Gasteiger partial charge in [-0.05, 0) is 52.3 Å². The minimum atomic E-state index is -0.553. The van der Waals surface area contributed by atoms with Crippen molar-refractivity contribution < 1.29 is 13.9 Å². The van der Waals surface area contributed by atoms with E-state index in [1.54, 1.807) is 12.3 Å². The van der Waals surface area contributed by atoms with Crippen LogP contribution in [0.5, 0.6) is 0 Å². The fourth-order valence-electron chi connectivity index (χ4n) is 2.79. The number of furan rings is 1. The molecule has 132 valence electrons. The van der Waals surface area contributed by atoms with Gasteiger partial charge in [0.15, 0.2) is 5.58 Å². The summed E-state index contributed by atoms with van der Waals surface area (Å²) in [7, 11) is 0. The Bertz CT molecular complexity index is 957. The molecular weight excluding hydrogens is 340 g/mol. The van der Waals surface area contributed by atoms with Crippen molar-refractivity contribution in [3.8, 4) is 0 Å². The van der Waals surface area contributed by atoms with Gasteiger partial charge in [0.1, 0.15) is 16.7 Å². The first-order valence-electron chi connectivity index (χ1n) is 8.12. The molecule has 0 aliphatic rings. The Morgan fingerprint density at radius 2 is 2.04 bits per heavy atom. The molecule has 3 aromatic rings. The zero-order valence-electron chi connectivity index (χ0n) is 14.9. The van der Waals surface area contributed by atoms with Crippen LogP contribution in [-0.4, -0.2) is 16.7 Å².